The van der Waals surface area contributed by atoms with Crippen LogP contribution in [0.4, 0.5) is 17.2 Å². The first-order valence-electron chi connectivity index (χ1n) is 12.1. The van der Waals surface area contributed by atoms with Crippen LogP contribution in [0.5, 0.6) is 0 Å². The SMILES string of the molecule is CC1(C)C(=O)Nc2cc(C#Cc3nccc4cnc(Nc5ccc(S(=O)(=O)C6CC6)cc5)cc34)ccc21. The van der Waals surface area contributed by atoms with E-state index >= 15 is 0 Å². The number of nitrogens with one attached hydrogen (secondary N) is 2. The highest BCUT2D eigenvalue weighted by Gasteiger charge is 2.38. The fraction of sp³-hybridized carbons (Fsp3) is 0.207. The summed E-state index contributed by atoms with van der Waals surface area (Å²) in [4.78, 5) is 21.6. The number of hydrogen-bond donors (Lipinski definition) is 2. The second kappa shape index (κ2) is 8.43. The number of benzene rings is 2. The molecule has 6 rings (SSSR count). The molecule has 2 aromatic heterocycles. The van der Waals surface area contributed by atoms with Crippen LogP contribution in [0.15, 0.2) is 71.9 Å². The van der Waals surface area contributed by atoms with Crippen LogP contribution in [-0.4, -0.2) is 29.5 Å². The van der Waals surface area contributed by atoms with E-state index in [0.717, 1.165) is 46.1 Å². The summed E-state index contributed by atoms with van der Waals surface area (Å²) in [7, 11) is -3.22. The smallest absolute Gasteiger partial charge is 0.234 e. The third-order valence-corrected chi connectivity index (χ3v) is 9.18. The van der Waals surface area contributed by atoms with Crippen molar-refractivity contribution in [3.63, 3.8) is 0 Å². The van der Waals surface area contributed by atoms with Gasteiger partial charge in [0.15, 0.2) is 9.84 Å². The van der Waals surface area contributed by atoms with Gasteiger partial charge in [-0.2, -0.15) is 0 Å². The van der Waals surface area contributed by atoms with Crippen molar-refractivity contribution in [1.82, 2.24) is 9.97 Å². The summed E-state index contributed by atoms with van der Waals surface area (Å²) in [6, 6.07) is 16.3. The van der Waals surface area contributed by atoms with Crippen LogP contribution in [0.1, 0.15) is 43.5 Å². The number of aromatic nitrogens is 2. The second-order valence-electron chi connectivity index (χ2n) is 9.93. The summed E-state index contributed by atoms with van der Waals surface area (Å²) < 4.78 is 24.9. The number of rotatable bonds is 4. The van der Waals surface area contributed by atoms with Gasteiger partial charge in [-0.1, -0.05) is 12.0 Å². The molecule has 2 aromatic carbocycles. The number of hydrogen-bond acceptors (Lipinski definition) is 6. The van der Waals surface area contributed by atoms with Crippen LogP contribution < -0.4 is 10.6 Å². The number of fused-ring (bicyclic) bond motifs is 2. The van der Waals surface area contributed by atoms with Gasteiger partial charge in [0.25, 0.3) is 0 Å². The van der Waals surface area contributed by atoms with Gasteiger partial charge in [-0.15, -0.1) is 0 Å². The number of carbonyl (C=O) groups is 1. The Labute approximate surface area is 215 Å². The van der Waals surface area contributed by atoms with Gasteiger partial charge in [-0.05, 0) is 86.7 Å². The molecule has 0 saturated heterocycles. The molecule has 7 nitrogen and oxygen atoms in total. The highest BCUT2D eigenvalue weighted by molar-refractivity contribution is 7.92. The van der Waals surface area contributed by atoms with E-state index in [1.54, 1.807) is 36.7 Å². The van der Waals surface area contributed by atoms with Crippen LogP contribution in [0.2, 0.25) is 0 Å². The molecule has 0 radical (unpaired) electrons. The van der Waals surface area contributed by atoms with E-state index in [0.29, 0.717) is 16.4 Å². The third-order valence-electron chi connectivity index (χ3n) is 6.90. The molecule has 8 heteroatoms. The summed E-state index contributed by atoms with van der Waals surface area (Å²) in [5, 5.41) is 7.68. The maximum absolute atomic E-state index is 12.4. The number of sulfone groups is 1. The van der Waals surface area contributed by atoms with Crippen molar-refractivity contribution in [2.24, 2.45) is 0 Å². The lowest BCUT2D eigenvalue weighted by molar-refractivity contribution is -0.119. The third kappa shape index (κ3) is 4.21. The summed E-state index contributed by atoms with van der Waals surface area (Å²) in [5.74, 6) is 6.91. The summed E-state index contributed by atoms with van der Waals surface area (Å²) in [5.41, 5.74) is 3.33. The normalized spacial score (nSPS) is 16.0. The first-order chi connectivity index (χ1) is 17.7. The Balaban J connectivity index is 1.27. The highest BCUT2D eigenvalue weighted by Crippen LogP contribution is 2.37. The topological polar surface area (TPSA) is 101 Å². The van der Waals surface area contributed by atoms with Crippen LogP contribution in [0.3, 0.4) is 0 Å². The number of amides is 1. The average molecular weight is 509 g/mol. The molecule has 1 aliphatic heterocycles. The summed E-state index contributed by atoms with van der Waals surface area (Å²) in [6.07, 6.45) is 4.93. The van der Waals surface area contributed by atoms with Crippen LogP contribution in [0.25, 0.3) is 10.8 Å². The molecule has 1 fully saturated rings. The van der Waals surface area contributed by atoms with Crippen molar-refractivity contribution in [2.45, 2.75) is 42.2 Å². The molecule has 0 bridgehead atoms. The lowest BCUT2D eigenvalue weighted by Crippen LogP contribution is -2.26. The lowest BCUT2D eigenvalue weighted by atomic mass is 9.86. The lowest BCUT2D eigenvalue weighted by Gasteiger charge is -2.14. The zero-order valence-electron chi connectivity index (χ0n) is 20.4. The van der Waals surface area contributed by atoms with E-state index in [-0.39, 0.29) is 11.2 Å². The Kier molecular flexibility index (Phi) is 5.28. The van der Waals surface area contributed by atoms with Crippen molar-refractivity contribution in [3.8, 4) is 11.8 Å². The van der Waals surface area contributed by atoms with Crippen molar-refractivity contribution < 1.29 is 13.2 Å². The van der Waals surface area contributed by atoms with Gasteiger partial charge < -0.3 is 10.6 Å². The zero-order chi connectivity index (χ0) is 25.8. The van der Waals surface area contributed by atoms with Gasteiger partial charge in [-0.25, -0.2) is 18.4 Å². The number of anilines is 3. The van der Waals surface area contributed by atoms with E-state index in [2.05, 4.69) is 32.4 Å². The minimum Gasteiger partial charge on any atom is -0.340 e. The van der Waals surface area contributed by atoms with E-state index in [1.807, 2.05) is 44.2 Å². The van der Waals surface area contributed by atoms with Crippen molar-refractivity contribution in [3.05, 3.63) is 83.8 Å². The Morgan fingerprint density at radius 3 is 2.54 bits per heavy atom. The molecule has 0 unspecified atom stereocenters. The molecule has 2 aliphatic rings. The minimum absolute atomic E-state index is 0.0185. The first kappa shape index (κ1) is 23.2. The maximum Gasteiger partial charge on any atom is 0.234 e. The maximum atomic E-state index is 12.4. The molecule has 4 aromatic rings. The number of carbonyl (C=O) groups excluding carboxylic acids is 1. The van der Waals surface area contributed by atoms with Gasteiger partial charge >= 0.3 is 0 Å². The standard InChI is InChI=1S/C29H24N4O3S/c1-29(2)24-11-3-18(15-26(24)33-28(29)34)4-12-25-23-16-27(31-17-19(23)13-14-30-25)32-20-5-7-21(8-6-20)37(35,36)22-9-10-22/h3,5-8,11,13-17,22H,9-10H2,1-2H3,(H,31,32)(H,33,34). The molecular formula is C29H24N4O3S. The van der Waals surface area contributed by atoms with Crippen LogP contribution in [0, 0.1) is 11.8 Å². The van der Waals surface area contributed by atoms with E-state index in [1.165, 1.54) is 0 Å². The molecule has 2 N–H and O–H groups in total. The van der Waals surface area contributed by atoms with Gasteiger partial charge in [-0.3, -0.25) is 4.79 Å². The first-order valence-corrected chi connectivity index (χ1v) is 13.6. The Morgan fingerprint density at radius 1 is 1.00 bits per heavy atom. The molecule has 1 aliphatic carbocycles. The van der Waals surface area contributed by atoms with Gasteiger partial charge in [0.1, 0.15) is 11.5 Å². The summed E-state index contributed by atoms with van der Waals surface area (Å²) >= 11 is 0. The molecule has 1 saturated carbocycles. The Hall–Kier alpha value is -4.22. The highest BCUT2D eigenvalue weighted by atomic mass is 32.2. The summed E-state index contributed by atoms with van der Waals surface area (Å²) in [6.45, 7) is 3.81. The molecule has 0 spiro atoms. The fourth-order valence-electron chi connectivity index (χ4n) is 4.48. The molecule has 184 valence electrons. The Morgan fingerprint density at radius 2 is 1.78 bits per heavy atom. The molecule has 0 atom stereocenters. The van der Waals surface area contributed by atoms with Gasteiger partial charge in [0, 0.05) is 40.1 Å². The largest absolute Gasteiger partial charge is 0.340 e. The van der Waals surface area contributed by atoms with Crippen LogP contribution >= 0.6 is 0 Å². The number of pyridine rings is 2. The zero-order valence-corrected chi connectivity index (χ0v) is 21.2. The minimum atomic E-state index is -3.22. The molecular weight excluding hydrogens is 484 g/mol. The van der Waals surface area contributed by atoms with Crippen LogP contribution in [-0.2, 0) is 20.0 Å². The number of nitrogens with zero attached hydrogens (tertiary/aromatic N) is 2. The monoisotopic (exact) mass is 508 g/mol. The van der Waals surface area contributed by atoms with Crippen molar-refractivity contribution in [2.75, 3.05) is 10.6 Å². The average Bonchev–Trinajstić information content (AvgIpc) is 3.71. The van der Waals surface area contributed by atoms with E-state index in [4.69, 9.17) is 0 Å². The van der Waals surface area contributed by atoms with E-state index in [9.17, 15) is 13.2 Å². The molecule has 3 heterocycles. The van der Waals surface area contributed by atoms with Gasteiger partial charge in [0.2, 0.25) is 5.91 Å². The van der Waals surface area contributed by atoms with E-state index < -0.39 is 15.3 Å². The van der Waals surface area contributed by atoms with Crippen molar-refractivity contribution in [1.29, 1.82) is 0 Å². The molecule has 1 amide bonds. The molecule has 37 heavy (non-hydrogen) atoms. The predicted molar refractivity (Wildman–Crippen MR) is 144 cm³/mol. The fourth-order valence-corrected chi connectivity index (χ4v) is 6.14. The quantitative estimate of drug-likeness (QED) is 0.379. The predicted octanol–water partition coefficient (Wildman–Crippen LogP) is 4.94. The second-order valence-corrected chi connectivity index (χ2v) is 12.2. The Bertz CT molecular complexity index is 1750. The van der Waals surface area contributed by atoms with Crippen molar-refractivity contribution >= 4 is 43.7 Å². The van der Waals surface area contributed by atoms with Gasteiger partial charge in [0.05, 0.1) is 15.6 Å².